The van der Waals surface area contributed by atoms with Crippen molar-refractivity contribution in [3.05, 3.63) is 71.8 Å². The van der Waals surface area contributed by atoms with Gasteiger partial charge in [-0.3, -0.25) is 0 Å². The summed E-state index contributed by atoms with van der Waals surface area (Å²) in [6.07, 6.45) is 0. The van der Waals surface area contributed by atoms with Gasteiger partial charge in [0.05, 0.1) is 0 Å². The molecule has 0 unspecified atom stereocenters. The molecule has 0 bridgehead atoms. The van der Waals surface area contributed by atoms with Gasteiger partial charge in [0.15, 0.2) is 0 Å². The maximum absolute atomic E-state index is 6.25. The van der Waals surface area contributed by atoms with Gasteiger partial charge in [0.1, 0.15) is 30.7 Å². The van der Waals surface area contributed by atoms with Crippen molar-refractivity contribution in [2.75, 3.05) is 13.2 Å². The minimum atomic E-state index is -0.465. The topological polar surface area (TPSA) is 43.2 Å². The number of hydrogen-bond acceptors (Lipinski definition) is 4. The van der Waals surface area contributed by atoms with Crippen molar-refractivity contribution in [3.63, 3.8) is 0 Å². The Hall–Kier alpha value is -2.62. The summed E-state index contributed by atoms with van der Waals surface area (Å²) in [5.74, 6) is 2.01. The van der Waals surface area contributed by atoms with E-state index in [1.54, 1.807) is 0 Å². The molecule has 0 radical (unpaired) electrons. The van der Waals surface area contributed by atoms with E-state index in [1.165, 1.54) is 11.1 Å². The first kappa shape index (κ1) is 19.7. The van der Waals surface area contributed by atoms with Gasteiger partial charge in [0, 0.05) is 0 Å². The zero-order valence-electron chi connectivity index (χ0n) is 17.7. The highest BCUT2D eigenvalue weighted by Gasteiger charge is 2.53. The zero-order chi connectivity index (χ0) is 20.4. The number of aliphatic imine (C=N–C) groups is 2. The van der Waals surface area contributed by atoms with Gasteiger partial charge in [-0.1, -0.05) is 88.4 Å². The third-order valence-corrected chi connectivity index (χ3v) is 6.20. The van der Waals surface area contributed by atoms with Gasteiger partial charge in [-0.25, -0.2) is 9.98 Å². The van der Waals surface area contributed by atoms with E-state index >= 15 is 0 Å². The lowest BCUT2D eigenvalue weighted by Gasteiger charge is -2.39. The molecular weight excluding hydrogens is 360 g/mol. The first-order chi connectivity index (χ1) is 14.0. The van der Waals surface area contributed by atoms with Gasteiger partial charge in [-0.05, 0) is 23.0 Å². The number of nitrogens with zero attached hydrogens (tertiary/aromatic N) is 2. The highest BCUT2D eigenvalue weighted by atomic mass is 16.5. The van der Waals surface area contributed by atoms with Crippen molar-refractivity contribution in [3.8, 4) is 0 Å². The quantitative estimate of drug-likeness (QED) is 0.642. The SMILES string of the molecule is CC(C)C(C1=N[C@@H](c2ccccc2)CO1)(C1=N[C@@H](c2ccccc2)CO1)C(C)C. The lowest BCUT2D eigenvalue weighted by molar-refractivity contribution is 0.182. The van der Waals surface area contributed by atoms with Crippen LogP contribution in [0.15, 0.2) is 70.6 Å². The van der Waals surface area contributed by atoms with Gasteiger partial charge in [0.25, 0.3) is 0 Å². The van der Waals surface area contributed by atoms with Crippen molar-refractivity contribution in [2.24, 2.45) is 27.2 Å². The molecule has 0 N–H and O–H groups in total. The second-order valence-corrected chi connectivity index (χ2v) is 8.52. The molecule has 0 amide bonds. The number of rotatable bonds is 6. The molecule has 4 heteroatoms. The number of benzene rings is 2. The Labute approximate surface area is 173 Å². The highest BCUT2D eigenvalue weighted by molar-refractivity contribution is 6.07. The summed E-state index contributed by atoms with van der Waals surface area (Å²) in [6.45, 7) is 9.98. The van der Waals surface area contributed by atoms with E-state index < -0.39 is 5.41 Å². The minimum Gasteiger partial charge on any atom is -0.478 e. The molecule has 4 nitrogen and oxygen atoms in total. The van der Waals surface area contributed by atoms with E-state index in [0.29, 0.717) is 13.2 Å². The average Bonchev–Trinajstić information content (AvgIpc) is 3.40. The fourth-order valence-electron chi connectivity index (χ4n) is 4.64. The lowest BCUT2D eigenvalue weighted by atomic mass is 9.68. The summed E-state index contributed by atoms with van der Waals surface area (Å²) in [5, 5.41) is 0. The van der Waals surface area contributed by atoms with Crippen LogP contribution in [0.3, 0.4) is 0 Å². The lowest BCUT2D eigenvalue weighted by Crippen LogP contribution is -2.48. The molecule has 2 aromatic carbocycles. The molecule has 0 aromatic heterocycles. The molecule has 152 valence electrons. The molecule has 2 aliphatic heterocycles. The Morgan fingerprint density at radius 2 is 1.07 bits per heavy atom. The normalized spacial score (nSPS) is 21.7. The Bertz CT molecular complexity index is 812. The molecule has 0 saturated heterocycles. The first-order valence-electron chi connectivity index (χ1n) is 10.6. The van der Waals surface area contributed by atoms with E-state index in [9.17, 15) is 0 Å². The molecule has 0 fully saturated rings. The second-order valence-electron chi connectivity index (χ2n) is 8.52. The van der Waals surface area contributed by atoms with Crippen LogP contribution >= 0.6 is 0 Å². The van der Waals surface area contributed by atoms with E-state index in [1.807, 2.05) is 12.1 Å². The largest absolute Gasteiger partial charge is 0.478 e. The zero-order valence-corrected chi connectivity index (χ0v) is 17.7. The summed E-state index contributed by atoms with van der Waals surface area (Å²) < 4.78 is 12.5. The summed E-state index contributed by atoms with van der Waals surface area (Å²) in [6, 6.07) is 20.8. The van der Waals surface area contributed by atoms with Crippen molar-refractivity contribution in [2.45, 2.75) is 39.8 Å². The van der Waals surface area contributed by atoms with Gasteiger partial charge >= 0.3 is 0 Å². The van der Waals surface area contributed by atoms with Crippen molar-refractivity contribution in [1.82, 2.24) is 0 Å². The minimum absolute atomic E-state index is 0.0231. The second kappa shape index (κ2) is 8.02. The smallest absolute Gasteiger partial charge is 0.200 e. The Morgan fingerprint density at radius 1 is 0.690 bits per heavy atom. The number of ether oxygens (including phenoxy) is 2. The predicted molar refractivity (Wildman–Crippen MR) is 117 cm³/mol. The maximum atomic E-state index is 6.25. The predicted octanol–water partition coefficient (Wildman–Crippen LogP) is 5.62. The van der Waals surface area contributed by atoms with Crippen LogP contribution in [0.2, 0.25) is 0 Å². The van der Waals surface area contributed by atoms with Crippen molar-refractivity contribution in [1.29, 1.82) is 0 Å². The van der Waals surface area contributed by atoms with Gasteiger partial charge in [0.2, 0.25) is 11.8 Å². The molecule has 29 heavy (non-hydrogen) atoms. The first-order valence-corrected chi connectivity index (χ1v) is 10.6. The van der Waals surface area contributed by atoms with Crippen LogP contribution in [-0.2, 0) is 9.47 Å². The average molecular weight is 391 g/mol. The van der Waals surface area contributed by atoms with Crippen LogP contribution in [0.5, 0.6) is 0 Å². The summed E-state index contributed by atoms with van der Waals surface area (Å²) in [5.41, 5.74) is 1.90. The monoisotopic (exact) mass is 390 g/mol. The molecule has 4 rings (SSSR count). The van der Waals surface area contributed by atoms with E-state index in [4.69, 9.17) is 19.5 Å². The van der Waals surface area contributed by atoms with Crippen LogP contribution in [-0.4, -0.2) is 25.0 Å². The van der Waals surface area contributed by atoms with Crippen molar-refractivity contribution < 1.29 is 9.47 Å². The molecule has 0 aliphatic carbocycles. The molecular formula is C25H30N2O2. The van der Waals surface area contributed by atoms with Gasteiger partial charge in [-0.15, -0.1) is 0 Å². The molecule has 0 saturated carbocycles. The van der Waals surface area contributed by atoms with E-state index in [-0.39, 0.29) is 23.9 Å². The van der Waals surface area contributed by atoms with Crippen LogP contribution in [0.25, 0.3) is 0 Å². The van der Waals surface area contributed by atoms with Crippen LogP contribution < -0.4 is 0 Å². The Kier molecular flexibility index (Phi) is 5.44. The van der Waals surface area contributed by atoms with Crippen LogP contribution in [0, 0.1) is 17.3 Å². The van der Waals surface area contributed by atoms with E-state index in [0.717, 1.165) is 11.8 Å². The molecule has 2 atom stereocenters. The van der Waals surface area contributed by atoms with Gasteiger partial charge in [-0.2, -0.15) is 0 Å². The summed E-state index contributed by atoms with van der Waals surface area (Å²) in [7, 11) is 0. The third-order valence-electron chi connectivity index (χ3n) is 6.20. The molecule has 2 aromatic rings. The highest BCUT2D eigenvalue weighted by Crippen LogP contribution is 2.45. The fourth-order valence-corrected chi connectivity index (χ4v) is 4.64. The van der Waals surface area contributed by atoms with E-state index in [2.05, 4.69) is 76.2 Å². The number of hydrogen-bond donors (Lipinski definition) is 0. The Balaban J connectivity index is 1.73. The summed E-state index contributed by atoms with van der Waals surface area (Å²) in [4.78, 5) is 10.1. The molecule has 2 heterocycles. The van der Waals surface area contributed by atoms with Gasteiger partial charge < -0.3 is 9.47 Å². The third kappa shape index (κ3) is 3.45. The van der Waals surface area contributed by atoms with Crippen LogP contribution in [0.4, 0.5) is 0 Å². The Morgan fingerprint density at radius 3 is 1.41 bits per heavy atom. The fraction of sp³-hybridized carbons (Fsp3) is 0.440. The standard InChI is InChI=1S/C25H30N2O2/c1-17(2)25(18(3)4,23-26-21(15-28-23)19-11-7-5-8-12-19)24-27-22(16-29-24)20-13-9-6-10-14-20/h5-14,17-18,21-22H,15-16H2,1-4H3/t21-,22-/m1/s1. The van der Waals surface area contributed by atoms with Crippen molar-refractivity contribution >= 4 is 11.8 Å². The molecule has 0 spiro atoms. The summed E-state index contributed by atoms with van der Waals surface area (Å²) >= 11 is 0. The van der Waals surface area contributed by atoms with Crippen LogP contribution in [0.1, 0.15) is 50.9 Å². The maximum Gasteiger partial charge on any atom is 0.200 e. The molecule has 2 aliphatic rings.